The number of carbonyl (C=O) groups is 1. The van der Waals surface area contributed by atoms with Crippen LogP contribution in [0.5, 0.6) is 0 Å². The second-order valence-electron chi connectivity index (χ2n) is 6.83. The maximum Gasteiger partial charge on any atom is 0.361 e. The molecule has 2 heterocycles. The number of hydrogen-bond donors (Lipinski definition) is 0. The third-order valence-electron chi connectivity index (χ3n) is 4.57. The average molecular weight is 471 g/mol. The highest BCUT2D eigenvalue weighted by atomic mass is 35.5. The number of aryl methyl sites for hydroxylation is 2. The molecule has 0 radical (unpaired) electrons. The summed E-state index contributed by atoms with van der Waals surface area (Å²) in [5, 5.41) is 14.8. The van der Waals surface area contributed by atoms with Crippen molar-refractivity contribution in [1.82, 2.24) is 20.0 Å². The molecule has 158 valence electrons. The van der Waals surface area contributed by atoms with Gasteiger partial charge in [0.2, 0.25) is 0 Å². The molecule has 0 saturated carbocycles. The first-order chi connectivity index (χ1) is 15.0. The smallest absolute Gasteiger partial charge is 0.361 e. The van der Waals surface area contributed by atoms with E-state index in [1.807, 2.05) is 62.6 Å². The van der Waals surface area contributed by atoms with Crippen molar-refractivity contribution in [3.05, 3.63) is 70.4 Å². The normalized spacial score (nSPS) is 11.0. The van der Waals surface area contributed by atoms with Gasteiger partial charge in [0.25, 0.3) is 0 Å². The van der Waals surface area contributed by atoms with E-state index in [0.29, 0.717) is 10.7 Å². The monoisotopic (exact) mass is 470 g/mol. The first kappa shape index (κ1) is 21.5. The summed E-state index contributed by atoms with van der Waals surface area (Å²) in [6.45, 7) is 4.00. The molecule has 0 aliphatic rings. The fourth-order valence-electron chi connectivity index (χ4n) is 3.08. The zero-order chi connectivity index (χ0) is 22.0. The molecule has 9 heteroatoms. The molecule has 6 nitrogen and oxygen atoms in total. The topological polar surface area (TPSA) is 69.9 Å². The fraction of sp³-hybridized carbons (Fsp3) is 0.182. The van der Waals surface area contributed by atoms with Gasteiger partial charge in [0.05, 0.1) is 5.69 Å². The van der Waals surface area contributed by atoms with E-state index in [1.165, 1.54) is 23.1 Å². The van der Waals surface area contributed by atoms with Crippen LogP contribution in [0.4, 0.5) is 0 Å². The van der Waals surface area contributed by atoms with Crippen molar-refractivity contribution in [2.24, 2.45) is 0 Å². The highest BCUT2D eigenvalue weighted by molar-refractivity contribution is 7.98. The quantitative estimate of drug-likeness (QED) is 0.262. The Hall–Kier alpha value is -2.68. The molecule has 0 atom stereocenters. The Morgan fingerprint density at radius 3 is 2.65 bits per heavy atom. The number of carbonyl (C=O) groups excluding carboxylic acids is 1. The van der Waals surface area contributed by atoms with Crippen molar-refractivity contribution < 1.29 is 9.53 Å². The second kappa shape index (κ2) is 9.21. The average Bonchev–Trinajstić information content (AvgIpc) is 3.37. The SMILES string of the molecule is CSCOC(=O)c1nn(-c2ccccc2C)c(-c2nnc(-c3cccc(C)c3)s2)c1Cl. The second-order valence-corrected chi connectivity index (χ2v) is 9.00. The van der Waals surface area contributed by atoms with Gasteiger partial charge in [0.15, 0.2) is 10.7 Å². The van der Waals surface area contributed by atoms with Gasteiger partial charge in [0.1, 0.15) is 21.7 Å². The van der Waals surface area contributed by atoms with E-state index in [1.54, 1.807) is 4.68 Å². The summed E-state index contributed by atoms with van der Waals surface area (Å²) in [5.74, 6) is -0.353. The number of aromatic nitrogens is 4. The van der Waals surface area contributed by atoms with Gasteiger partial charge in [0, 0.05) is 5.56 Å². The molecule has 4 rings (SSSR count). The Bertz CT molecular complexity index is 1250. The molecule has 2 aromatic heterocycles. The first-order valence-electron chi connectivity index (χ1n) is 9.41. The molecular formula is C22H19ClN4O2S2. The lowest BCUT2D eigenvalue weighted by molar-refractivity contribution is 0.0572. The molecule has 31 heavy (non-hydrogen) atoms. The number of hydrogen-bond acceptors (Lipinski definition) is 7. The number of rotatable bonds is 6. The van der Waals surface area contributed by atoms with Crippen LogP contribution in [0.2, 0.25) is 5.02 Å². The number of thioether (sulfide) groups is 1. The van der Waals surface area contributed by atoms with Gasteiger partial charge in [-0.05, 0) is 37.8 Å². The summed E-state index contributed by atoms with van der Waals surface area (Å²) in [4.78, 5) is 12.6. The standard InChI is InChI=1S/C22H19ClN4O2S2/c1-13-7-6-9-15(11-13)20-24-25-21(31-20)19-17(23)18(22(28)29-12-30-3)26-27(19)16-10-5-4-8-14(16)2/h4-11H,12H2,1-3H3. The zero-order valence-electron chi connectivity index (χ0n) is 17.1. The van der Waals surface area contributed by atoms with Crippen LogP contribution in [-0.4, -0.2) is 38.1 Å². The van der Waals surface area contributed by atoms with Gasteiger partial charge < -0.3 is 4.74 Å². The molecule has 0 spiro atoms. The highest BCUT2D eigenvalue weighted by Gasteiger charge is 2.27. The third kappa shape index (κ3) is 4.37. The summed E-state index contributed by atoms with van der Waals surface area (Å²) in [6, 6.07) is 15.8. The number of ether oxygens (including phenoxy) is 1. The number of halogens is 1. The third-order valence-corrected chi connectivity index (χ3v) is 6.26. The molecule has 0 amide bonds. The van der Waals surface area contributed by atoms with Crippen LogP contribution in [0.15, 0.2) is 48.5 Å². The van der Waals surface area contributed by atoms with Crippen molar-refractivity contribution in [2.75, 3.05) is 12.2 Å². The van der Waals surface area contributed by atoms with Crippen LogP contribution in [-0.2, 0) is 4.74 Å². The maximum absolute atomic E-state index is 12.6. The van der Waals surface area contributed by atoms with Crippen LogP contribution in [0, 0.1) is 13.8 Å². The molecule has 2 aromatic carbocycles. The Morgan fingerprint density at radius 2 is 1.90 bits per heavy atom. The number of nitrogens with zero attached hydrogens (tertiary/aromatic N) is 4. The lowest BCUT2D eigenvalue weighted by Crippen LogP contribution is -2.07. The zero-order valence-corrected chi connectivity index (χ0v) is 19.5. The van der Waals surface area contributed by atoms with Crippen LogP contribution >= 0.6 is 34.7 Å². The van der Waals surface area contributed by atoms with Gasteiger partial charge in [-0.15, -0.1) is 22.0 Å². The van der Waals surface area contributed by atoms with Crippen molar-refractivity contribution >= 4 is 40.7 Å². The van der Waals surface area contributed by atoms with Gasteiger partial charge in [-0.3, -0.25) is 0 Å². The summed E-state index contributed by atoms with van der Waals surface area (Å²) in [6.07, 6.45) is 1.85. The van der Waals surface area contributed by atoms with Crippen molar-refractivity contribution in [2.45, 2.75) is 13.8 Å². The lowest BCUT2D eigenvalue weighted by atomic mass is 10.1. The van der Waals surface area contributed by atoms with Gasteiger partial charge >= 0.3 is 5.97 Å². The molecule has 0 fully saturated rings. The Labute approximate surface area is 193 Å². The van der Waals surface area contributed by atoms with Crippen LogP contribution in [0.3, 0.4) is 0 Å². The predicted octanol–water partition coefficient (Wildman–Crippen LogP) is 5.81. The number of benzene rings is 2. The number of esters is 1. The summed E-state index contributed by atoms with van der Waals surface area (Å²) >= 11 is 9.46. The number of para-hydroxylation sites is 1. The Morgan fingerprint density at radius 1 is 1.13 bits per heavy atom. The maximum atomic E-state index is 12.6. The molecule has 0 unspecified atom stereocenters. The lowest BCUT2D eigenvalue weighted by Gasteiger charge is -2.08. The Balaban J connectivity index is 1.86. The summed E-state index contributed by atoms with van der Waals surface area (Å²) < 4.78 is 6.89. The van der Waals surface area contributed by atoms with Gasteiger partial charge in [-0.2, -0.15) is 5.10 Å². The molecule has 0 saturated heterocycles. The van der Waals surface area contributed by atoms with E-state index in [-0.39, 0.29) is 16.7 Å². The fourth-order valence-corrected chi connectivity index (χ4v) is 4.53. The molecule has 4 aromatic rings. The first-order valence-corrected chi connectivity index (χ1v) is 12.0. The van der Waals surface area contributed by atoms with Gasteiger partial charge in [-0.1, -0.05) is 64.9 Å². The molecule has 0 aliphatic carbocycles. The molecule has 0 bridgehead atoms. The predicted molar refractivity (Wildman–Crippen MR) is 126 cm³/mol. The Kier molecular flexibility index (Phi) is 6.41. The van der Waals surface area contributed by atoms with Crippen molar-refractivity contribution in [1.29, 1.82) is 0 Å². The largest absolute Gasteiger partial charge is 0.450 e. The molecule has 0 N–H and O–H groups in total. The van der Waals surface area contributed by atoms with E-state index in [2.05, 4.69) is 21.4 Å². The van der Waals surface area contributed by atoms with Gasteiger partial charge in [-0.25, -0.2) is 9.48 Å². The van der Waals surface area contributed by atoms with E-state index in [0.717, 1.165) is 27.4 Å². The minimum absolute atomic E-state index is 0.0567. The van der Waals surface area contributed by atoms with E-state index in [4.69, 9.17) is 16.3 Å². The van der Waals surface area contributed by atoms with Crippen LogP contribution < -0.4 is 0 Å². The van der Waals surface area contributed by atoms with E-state index in [9.17, 15) is 4.79 Å². The van der Waals surface area contributed by atoms with E-state index < -0.39 is 5.97 Å². The minimum Gasteiger partial charge on any atom is -0.450 e. The highest BCUT2D eigenvalue weighted by Crippen LogP contribution is 2.38. The van der Waals surface area contributed by atoms with E-state index >= 15 is 0 Å². The van der Waals surface area contributed by atoms with Crippen LogP contribution in [0.1, 0.15) is 21.6 Å². The van der Waals surface area contributed by atoms with Crippen molar-refractivity contribution in [3.8, 4) is 27.0 Å². The van der Waals surface area contributed by atoms with Crippen LogP contribution in [0.25, 0.3) is 27.0 Å². The van der Waals surface area contributed by atoms with Crippen molar-refractivity contribution in [3.63, 3.8) is 0 Å². The molecular weight excluding hydrogens is 452 g/mol. The summed E-state index contributed by atoms with van der Waals surface area (Å²) in [7, 11) is 0. The molecule has 0 aliphatic heterocycles. The summed E-state index contributed by atoms with van der Waals surface area (Å²) in [5.41, 5.74) is 4.47. The minimum atomic E-state index is -0.573.